The number of unbranched alkanes of at least 4 members (excludes halogenated alkanes) is 18. The van der Waals surface area contributed by atoms with Crippen LogP contribution in [-0.2, 0) is 28.6 Å². The van der Waals surface area contributed by atoms with Gasteiger partial charge in [0.2, 0.25) is 0 Å². The van der Waals surface area contributed by atoms with Crippen LogP contribution >= 0.6 is 0 Å². The van der Waals surface area contributed by atoms with Gasteiger partial charge in [0.15, 0.2) is 0 Å². The second kappa shape index (κ2) is 31.4. The van der Waals surface area contributed by atoms with Crippen molar-refractivity contribution < 1.29 is 51.5 Å². The second-order valence-electron chi connectivity index (χ2n) is 14.5. The Bertz CT molecular complexity index is 1170. The van der Waals surface area contributed by atoms with Crippen molar-refractivity contribution in [3.05, 3.63) is 48.6 Å². The fourth-order valence-electron chi connectivity index (χ4n) is 5.97. The first-order valence-electron chi connectivity index (χ1n) is 20.5. The minimum absolute atomic E-state index is 0.0667. The highest BCUT2D eigenvalue weighted by Gasteiger charge is 2.51. The van der Waals surface area contributed by atoms with E-state index < -0.39 is 49.9 Å². The summed E-state index contributed by atoms with van der Waals surface area (Å²) in [5, 5.41) is 0. The molecule has 0 radical (unpaired) electrons. The second-order valence-corrected chi connectivity index (χ2v) is 17.7. The molecule has 0 aliphatic heterocycles. The van der Waals surface area contributed by atoms with E-state index >= 15 is 0 Å². The summed E-state index contributed by atoms with van der Waals surface area (Å²) >= 11 is 0. The standard InChI is InChI=1S/C41H70F6O6S2/c1-3-5-7-9-11-13-15-17-19-21-23-25-27-29-31-33-35-39(37-52-54(48,49)40(42,43)44,38-53-55(50,51)41(45,46)47)36-34-32-30-28-26-24-22-20-18-16-14-12-10-8-6-4-2/h11-14,17-20H,3-10,15-16,21-38H2,1-2H3. The number of hydrogen-bond acceptors (Lipinski definition) is 6. The van der Waals surface area contributed by atoms with E-state index in [-0.39, 0.29) is 12.8 Å². The molecule has 324 valence electrons. The van der Waals surface area contributed by atoms with Crippen molar-refractivity contribution in [1.82, 2.24) is 0 Å². The fourth-order valence-corrected chi connectivity index (χ4v) is 7.05. The van der Waals surface area contributed by atoms with Gasteiger partial charge in [-0.15, -0.1) is 0 Å². The maximum absolute atomic E-state index is 13.2. The lowest BCUT2D eigenvalue weighted by Gasteiger charge is -2.33. The third-order valence-electron chi connectivity index (χ3n) is 9.42. The van der Waals surface area contributed by atoms with Crippen LogP contribution in [0.15, 0.2) is 48.6 Å². The Labute approximate surface area is 329 Å². The number of halogens is 6. The lowest BCUT2D eigenvalue weighted by molar-refractivity contribution is -0.0633. The van der Waals surface area contributed by atoms with Crippen LogP contribution < -0.4 is 0 Å². The first-order chi connectivity index (χ1) is 26.0. The molecule has 0 N–H and O–H groups in total. The predicted molar refractivity (Wildman–Crippen MR) is 212 cm³/mol. The molecule has 0 fully saturated rings. The average Bonchev–Trinajstić information content (AvgIpc) is 3.11. The van der Waals surface area contributed by atoms with Crippen molar-refractivity contribution in [2.75, 3.05) is 13.2 Å². The Kier molecular flexibility index (Phi) is 30.4. The van der Waals surface area contributed by atoms with Crippen LogP contribution in [0.3, 0.4) is 0 Å². The van der Waals surface area contributed by atoms with Crippen LogP contribution in [0.25, 0.3) is 0 Å². The molecule has 0 saturated heterocycles. The lowest BCUT2D eigenvalue weighted by Crippen LogP contribution is -2.38. The molecular formula is C41H70F6O6S2. The highest BCUT2D eigenvalue weighted by molar-refractivity contribution is 7.87. The Morgan fingerprint density at radius 3 is 0.964 bits per heavy atom. The summed E-state index contributed by atoms with van der Waals surface area (Å²) in [4.78, 5) is 0. The van der Waals surface area contributed by atoms with E-state index in [0.29, 0.717) is 25.7 Å². The molecule has 55 heavy (non-hydrogen) atoms. The molecule has 0 heterocycles. The first kappa shape index (κ1) is 53.4. The van der Waals surface area contributed by atoms with Crippen molar-refractivity contribution in [1.29, 1.82) is 0 Å². The van der Waals surface area contributed by atoms with Gasteiger partial charge in [-0.05, 0) is 77.0 Å². The van der Waals surface area contributed by atoms with Crippen molar-refractivity contribution in [2.24, 2.45) is 5.41 Å². The molecule has 0 atom stereocenters. The largest absolute Gasteiger partial charge is 0.523 e. The van der Waals surface area contributed by atoms with E-state index in [1.807, 2.05) is 0 Å². The van der Waals surface area contributed by atoms with Crippen molar-refractivity contribution in [3.63, 3.8) is 0 Å². The van der Waals surface area contributed by atoms with Crippen LogP contribution in [-0.4, -0.2) is 41.1 Å². The van der Waals surface area contributed by atoms with Crippen LogP contribution in [0.5, 0.6) is 0 Å². The van der Waals surface area contributed by atoms with E-state index in [1.54, 1.807) is 0 Å². The van der Waals surface area contributed by atoms with Gasteiger partial charge in [-0.1, -0.05) is 152 Å². The average molecular weight is 837 g/mol. The SMILES string of the molecule is CCCCCC=CCC=CCCCCCCCCC(CCCCCCCCC=CCC=CCCCCC)(COS(=O)(=O)C(F)(F)F)COS(=O)(=O)C(F)(F)F. The van der Waals surface area contributed by atoms with Gasteiger partial charge in [0, 0.05) is 5.41 Å². The minimum atomic E-state index is -6.08. The molecule has 0 aromatic carbocycles. The van der Waals surface area contributed by atoms with E-state index in [2.05, 4.69) is 70.8 Å². The van der Waals surface area contributed by atoms with Gasteiger partial charge in [0.05, 0.1) is 13.2 Å². The molecule has 0 saturated carbocycles. The normalized spacial score (nSPS) is 13.8. The van der Waals surface area contributed by atoms with Gasteiger partial charge in [-0.2, -0.15) is 43.2 Å². The molecule has 0 aliphatic carbocycles. The molecule has 14 heteroatoms. The Hall–Kier alpha value is -1.64. The summed E-state index contributed by atoms with van der Waals surface area (Å²) < 4.78 is 135. The third kappa shape index (κ3) is 28.4. The number of hydrogen-bond donors (Lipinski definition) is 0. The zero-order chi connectivity index (χ0) is 41.4. The van der Waals surface area contributed by atoms with Gasteiger partial charge in [0.25, 0.3) is 0 Å². The molecule has 0 amide bonds. The summed E-state index contributed by atoms with van der Waals surface area (Å²) in [6.45, 7) is 2.05. The first-order valence-corrected chi connectivity index (χ1v) is 23.4. The Balaban J connectivity index is 5.14. The third-order valence-corrected chi connectivity index (χ3v) is 11.4. The van der Waals surface area contributed by atoms with Gasteiger partial charge in [0.1, 0.15) is 0 Å². The zero-order valence-corrected chi connectivity index (χ0v) is 35.1. The Morgan fingerprint density at radius 1 is 0.400 bits per heavy atom. The van der Waals surface area contributed by atoms with E-state index in [0.717, 1.165) is 89.9 Å². The number of alkyl halides is 6. The molecule has 6 nitrogen and oxygen atoms in total. The molecule has 0 aliphatic rings. The van der Waals surface area contributed by atoms with E-state index in [4.69, 9.17) is 0 Å². The number of allylic oxidation sites excluding steroid dienone is 8. The maximum Gasteiger partial charge on any atom is 0.523 e. The highest BCUT2D eigenvalue weighted by Crippen LogP contribution is 2.37. The predicted octanol–water partition coefficient (Wildman–Crippen LogP) is 14.1. The monoisotopic (exact) mass is 836 g/mol. The van der Waals surface area contributed by atoms with Crippen LogP contribution in [0.4, 0.5) is 26.3 Å². The smallest absolute Gasteiger partial charge is 0.262 e. The number of rotatable bonds is 36. The van der Waals surface area contributed by atoms with Crippen molar-refractivity contribution >= 4 is 20.2 Å². The summed E-state index contributed by atoms with van der Waals surface area (Å²) in [6, 6.07) is 0. The van der Waals surface area contributed by atoms with Crippen LogP contribution in [0.1, 0.15) is 181 Å². The van der Waals surface area contributed by atoms with Crippen LogP contribution in [0, 0.1) is 5.41 Å². The van der Waals surface area contributed by atoms with E-state index in [1.165, 1.54) is 38.5 Å². The molecule has 0 aromatic rings. The molecule has 0 bridgehead atoms. The molecule has 0 aromatic heterocycles. The topological polar surface area (TPSA) is 86.7 Å². The van der Waals surface area contributed by atoms with Crippen molar-refractivity contribution in [3.8, 4) is 0 Å². The highest BCUT2D eigenvalue weighted by atomic mass is 32.2. The summed E-state index contributed by atoms with van der Waals surface area (Å²) in [7, 11) is -12.2. The summed E-state index contributed by atoms with van der Waals surface area (Å²) in [5.74, 6) is 0. The molecular weight excluding hydrogens is 767 g/mol. The quantitative estimate of drug-likeness (QED) is 0.0205. The molecule has 0 spiro atoms. The molecule has 0 rings (SSSR count). The minimum Gasteiger partial charge on any atom is -0.262 e. The van der Waals surface area contributed by atoms with Gasteiger partial charge in [-0.3, -0.25) is 8.37 Å². The zero-order valence-electron chi connectivity index (χ0n) is 33.5. The summed E-state index contributed by atoms with van der Waals surface area (Å²) in [6.07, 6.45) is 39.1. The summed E-state index contributed by atoms with van der Waals surface area (Å²) in [5.41, 5.74) is -13.2. The van der Waals surface area contributed by atoms with Gasteiger partial charge in [-0.25, -0.2) is 0 Å². The van der Waals surface area contributed by atoms with Gasteiger partial charge >= 0.3 is 31.3 Å². The van der Waals surface area contributed by atoms with Crippen molar-refractivity contribution in [2.45, 2.75) is 192 Å². The molecule has 0 unspecified atom stereocenters. The van der Waals surface area contributed by atoms with Gasteiger partial charge < -0.3 is 0 Å². The maximum atomic E-state index is 13.2. The van der Waals surface area contributed by atoms with E-state index in [9.17, 15) is 43.2 Å². The fraction of sp³-hybridized carbons (Fsp3) is 0.805. The Morgan fingerprint density at radius 2 is 0.673 bits per heavy atom. The lowest BCUT2D eigenvalue weighted by atomic mass is 9.79. The van der Waals surface area contributed by atoms with Crippen LogP contribution in [0.2, 0.25) is 0 Å².